The van der Waals surface area contributed by atoms with E-state index in [2.05, 4.69) is 0 Å². The summed E-state index contributed by atoms with van der Waals surface area (Å²) in [4.78, 5) is 14.4. The Morgan fingerprint density at radius 1 is 1.08 bits per heavy atom. The molecular weight excluding hydrogens is 306 g/mol. The van der Waals surface area contributed by atoms with Gasteiger partial charge >= 0.3 is 6.09 Å². The van der Waals surface area contributed by atoms with E-state index in [1.54, 1.807) is 48.4 Å². The molecule has 126 valence electrons. The number of aromatic hydroxyl groups is 1. The van der Waals surface area contributed by atoms with Crippen molar-refractivity contribution in [2.45, 2.75) is 25.3 Å². The van der Waals surface area contributed by atoms with Crippen LogP contribution in [-0.4, -0.2) is 29.8 Å². The van der Waals surface area contributed by atoms with Crippen LogP contribution in [0.3, 0.4) is 0 Å². The molecule has 1 amide bonds. The number of ether oxygens (including phenoxy) is 2. The van der Waals surface area contributed by atoms with E-state index in [9.17, 15) is 9.90 Å². The van der Waals surface area contributed by atoms with Gasteiger partial charge in [-0.1, -0.05) is 12.1 Å². The molecule has 0 saturated heterocycles. The average molecular weight is 327 g/mol. The molecule has 1 fully saturated rings. The highest BCUT2D eigenvalue weighted by atomic mass is 16.6. The van der Waals surface area contributed by atoms with E-state index in [0.29, 0.717) is 18.0 Å². The van der Waals surface area contributed by atoms with E-state index >= 15 is 0 Å². The quantitative estimate of drug-likeness (QED) is 0.904. The zero-order valence-electron chi connectivity index (χ0n) is 13.9. The largest absolute Gasteiger partial charge is 0.508 e. The number of carbonyl (C=O) groups is 1. The maximum atomic E-state index is 12.6. The van der Waals surface area contributed by atoms with Crippen molar-refractivity contribution in [1.29, 1.82) is 0 Å². The van der Waals surface area contributed by atoms with Crippen LogP contribution in [0.25, 0.3) is 0 Å². The number of rotatable bonds is 5. The van der Waals surface area contributed by atoms with Gasteiger partial charge in [-0.05, 0) is 61.7 Å². The van der Waals surface area contributed by atoms with E-state index < -0.39 is 0 Å². The third-order valence-corrected chi connectivity index (χ3v) is 4.45. The van der Waals surface area contributed by atoms with Gasteiger partial charge < -0.3 is 14.6 Å². The first kappa shape index (κ1) is 16.2. The SMILES string of the molecule is CCN(C(=O)Oc1ccc(OC)cc1)C1(c2ccc(O)cc2)CC1. The molecule has 1 aliphatic rings. The molecule has 1 N–H and O–H groups in total. The minimum absolute atomic E-state index is 0.221. The molecule has 0 aromatic heterocycles. The van der Waals surface area contributed by atoms with Gasteiger partial charge in [0, 0.05) is 6.54 Å². The monoisotopic (exact) mass is 327 g/mol. The average Bonchev–Trinajstić information content (AvgIpc) is 3.38. The number of benzene rings is 2. The molecule has 3 rings (SSSR count). The Labute approximate surface area is 141 Å². The van der Waals surface area contributed by atoms with E-state index in [0.717, 1.165) is 18.4 Å². The molecule has 0 aliphatic heterocycles. The molecule has 5 heteroatoms. The zero-order chi connectivity index (χ0) is 17.2. The van der Waals surface area contributed by atoms with Crippen molar-refractivity contribution in [3.63, 3.8) is 0 Å². The van der Waals surface area contributed by atoms with Crippen LogP contribution in [0.4, 0.5) is 4.79 Å². The van der Waals surface area contributed by atoms with Gasteiger partial charge in [0.2, 0.25) is 0 Å². The van der Waals surface area contributed by atoms with E-state index in [-0.39, 0.29) is 17.4 Å². The van der Waals surface area contributed by atoms with E-state index in [1.807, 2.05) is 19.1 Å². The number of nitrogens with zero attached hydrogens (tertiary/aromatic N) is 1. The van der Waals surface area contributed by atoms with Crippen molar-refractivity contribution < 1.29 is 19.4 Å². The summed E-state index contributed by atoms with van der Waals surface area (Å²) in [6.45, 7) is 2.49. The highest BCUT2D eigenvalue weighted by molar-refractivity contribution is 5.73. The zero-order valence-corrected chi connectivity index (χ0v) is 13.9. The Morgan fingerprint density at radius 3 is 2.17 bits per heavy atom. The van der Waals surface area contributed by atoms with Gasteiger partial charge in [-0.3, -0.25) is 4.90 Å². The summed E-state index contributed by atoms with van der Waals surface area (Å²) in [5.41, 5.74) is 0.695. The van der Waals surface area contributed by atoms with Crippen LogP contribution in [0.1, 0.15) is 25.3 Å². The smallest absolute Gasteiger partial charge is 0.415 e. The number of methoxy groups -OCH3 is 1. The van der Waals surface area contributed by atoms with Gasteiger partial charge in [0.25, 0.3) is 0 Å². The van der Waals surface area contributed by atoms with Crippen LogP contribution < -0.4 is 9.47 Å². The maximum absolute atomic E-state index is 12.6. The molecule has 0 bridgehead atoms. The van der Waals surface area contributed by atoms with Gasteiger partial charge in [0.05, 0.1) is 12.6 Å². The molecule has 0 unspecified atom stereocenters. The Bertz CT molecular complexity index is 705. The van der Waals surface area contributed by atoms with Crippen LogP contribution in [0.5, 0.6) is 17.2 Å². The third kappa shape index (κ3) is 3.02. The number of hydrogen-bond acceptors (Lipinski definition) is 4. The second-order valence-corrected chi connectivity index (χ2v) is 5.87. The van der Waals surface area contributed by atoms with Gasteiger partial charge in [0.15, 0.2) is 0 Å². The van der Waals surface area contributed by atoms with Crippen LogP contribution in [0, 0.1) is 0 Å². The number of hydrogen-bond donors (Lipinski definition) is 1. The topological polar surface area (TPSA) is 59.0 Å². The minimum atomic E-state index is -0.367. The van der Waals surface area contributed by atoms with Crippen molar-refractivity contribution in [2.75, 3.05) is 13.7 Å². The van der Waals surface area contributed by atoms with Crippen molar-refractivity contribution in [1.82, 2.24) is 4.90 Å². The first-order valence-corrected chi connectivity index (χ1v) is 8.02. The first-order chi connectivity index (χ1) is 11.6. The second-order valence-electron chi connectivity index (χ2n) is 5.87. The maximum Gasteiger partial charge on any atom is 0.415 e. The fraction of sp³-hybridized carbons (Fsp3) is 0.316. The summed E-state index contributed by atoms with van der Waals surface area (Å²) in [6.07, 6.45) is 1.42. The van der Waals surface area contributed by atoms with Crippen LogP contribution in [-0.2, 0) is 5.54 Å². The minimum Gasteiger partial charge on any atom is -0.508 e. The van der Waals surface area contributed by atoms with Crippen molar-refractivity contribution in [2.24, 2.45) is 0 Å². The molecule has 5 nitrogen and oxygen atoms in total. The molecule has 0 spiro atoms. The standard InChI is InChI=1S/C19H21NO4/c1-3-20(18(22)24-17-10-8-16(23-2)9-11-17)19(12-13-19)14-4-6-15(21)7-5-14/h4-11,21H,3,12-13H2,1-2H3. The molecule has 0 radical (unpaired) electrons. The van der Waals surface area contributed by atoms with Crippen molar-refractivity contribution >= 4 is 6.09 Å². The number of phenolic OH excluding ortho intramolecular Hbond substituents is 1. The number of carbonyl (C=O) groups excluding carboxylic acids is 1. The summed E-state index contributed by atoms with van der Waals surface area (Å²) in [7, 11) is 1.59. The lowest BCUT2D eigenvalue weighted by molar-refractivity contribution is 0.126. The van der Waals surface area contributed by atoms with Gasteiger partial charge in [-0.15, -0.1) is 0 Å². The molecule has 2 aromatic rings. The van der Waals surface area contributed by atoms with Crippen LogP contribution in [0.15, 0.2) is 48.5 Å². The summed E-state index contributed by atoms with van der Waals surface area (Å²) in [5.74, 6) is 1.42. The van der Waals surface area contributed by atoms with E-state index in [4.69, 9.17) is 9.47 Å². The normalized spacial score (nSPS) is 14.8. The summed E-state index contributed by atoms with van der Waals surface area (Å²) in [5, 5.41) is 9.47. The number of phenols is 1. The Balaban J connectivity index is 1.77. The van der Waals surface area contributed by atoms with E-state index in [1.165, 1.54) is 0 Å². The molecule has 1 saturated carbocycles. The summed E-state index contributed by atoms with van der Waals surface area (Å²) < 4.78 is 10.6. The fourth-order valence-corrected chi connectivity index (χ4v) is 3.01. The summed E-state index contributed by atoms with van der Waals surface area (Å²) >= 11 is 0. The molecule has 2 aromatic carbocycles. The Hall–Kier alpha value is -2.69. The predicted octanol–water partition coefficient (Wildman–Crippen LogP) is 3.91. The molecule has 0 heterocycles. The predicted molar refractivity (Wildman–Crippen MR) is 90.4 cm³/mol. The van der Waals surface area contributed by atoms with Crippen molar-refractivity contribution in [3.8, 4) is 17.2 Å². The van der Waals surface area contributed by atoms with Gasteiger partial charge in [-0.2, -0.15) is 0 Å². The third-order valence-electron chi connectivity index (χ3n) is 4.45. The lowest BCUT2D eigenvalue weighted by Crippen LogP contribution is -2.42. The Morgan fingerprint density at radius 2 is 1.67 bits per heavy atom. The second kappa shape index (κ2) is 6.43. The fourth-order valence-electron chi connectivity index (χ4n) is 3.01. The molecule has 0 atom stereocenters. The highest BCUT2D eigenvalue weighted by Crippen LogP contribution is 2.51. The molecular formula is C19H21NO4. The lowest BCUT2D eigenvalue weighted by atomic mass is 10.0. The Kier molecular flexibility index (Phi) is 4.34. The highest BCUT2D eigenvalue weighted by Gasteiger charge is 2.51. The molecule has 1 aliphatic carbocycles. The summed E-state index contributed by atoms with van der Waals surface area (Å²) in [6, 6.07) is 14.0. The lowest BCUT2D eigenvalue weighted by Gasteiger charge is -2.30. The van der Waals surface area contributed by atoms with Gasteiger partial charge in [0.1, 0.15) is 17.2 Å². The van der Waals surface area contributed by atoms with Crippen molar-refractivity contribution in [3.05, 3.63) is 54.1 Å². The van der Waals surface area contributed by atoms with Crippen LogP contribution >= 0.6 is 0 Å². The number of amides is 1. The van der Waals surface area contributed by atoms with Crippen LogP contribution in [0.2, 0.25) is 0 Å². The van der Waals surface area contributed by atoms with Gasteiger partial charge in [-0.25, -0.2) is 4.79 Å². The first-order valence-electron chi connectivity index (χ1n) is 8.02. The molecule has 24 heavy (non-hydrogen) atoms.